The van der Waals surface area contributed by atoms with E-state index < -0.39 is 0 Å². The first-order valence-electron chi connectivity index (χ1n) is 5.97. The number of para-hydroxylation sites is 1. The molecule has 3 rings (SSSR count). The van der Waals surface area contributed by atoms with Gasteiger partial charge in [0.15, 0.2) is 0 Å². The Morgan fingerprint density at radius 1 is 1.41 bits per heavy atom. The van der Waals surface area contributed by atoms with Crippen molar-refractivity contribution in [2.24, 2.45) is 5.92 Å². The molecule has 2 atom stereocenters. The van der Waals surface area contributed by atoms with Crippen molar-refractivity contribution in [1.29, 1.82) is 0 Å². The van der Waals surface area contributed by atoms with Gasteiger partial charge in [-0.1, -0.05) is 12.1 Å². The number of rotatable bonds is 0. The van der Waals surface area contributed by atoms with Crippen LogP contribution in [0.15, 0.2) is 18.2 Å². The molecule has 0 aromatic heterocycles. The number of carbonyl (C=O) groups excluding carboxylic acids is 1. The van der Waals surface area contributed by atoms with Crippen LogP contribution in [0, 0.1) is 11.7 Å². The van der Waals surface area contributed by atoms with Crippen LogP contribution in [0.1, 0.15) is 17.9 Å². The van der Waals surface area contributed by atoms with E-state index in [0.717, 1.165) is 18.5 Å². The molecule has 1 amide bonds. The van der Waals surface area contributed by atoms with Crippen molar-refractivity contribution in [3.63, 3.8) is 0 Å². The smallest absolute Gasteiger partial charge is 0.231 e. The highest BCUT2D eigenvalue weighted by atomic mass is 19.1. The second-order valence-electron chi connectivity index (χ2n) is 4.78. The molecule has 2 aliphatic rings. The van der Waals surface area contributed by atoms with Crippen LogP contribution < -0.4 is 10.2 Å². The molecule has 17 heavy (non-hydrogen) atoms. The van der Waals surface area contributed by atoms with E-state index in [0.29, 0.717) is 12.2 Å². The number of fused-ring (bicyclic) bond motifs is 3. The van der Waals surface area contributed by atoms with Crippen LogP contribution >= 0.6 is 0 Å². The topological polar surface area (TPSA) is 32.3 Å². The molecule has 2 aliphatic heterocycles. The van der Waals surface area contributed by atoms with Gasteiger partial charge in [0.2, 0.25) is 5.91 Å². The van der Waals surface area contributed by atoms with E-state index in [4.69, 9.17) is 0 Å². The lowest BCUT2D eigenvalue weighted by Gasteiger charge is -2.40. The fourth-order valence-electron chi connectivity index (χ4n) is 3.03. The van der Waals surface area contributed by atoms with E-state index in [9.17, 15) is 9.18 Å². The lowest BCUT2D eigenvalue weighted by atomic mass is 9.77. The molecule has 1 saturated heterocycles. The number of piperidine rings is 1. The normalized spacial score (nSPS) is 27.6. The molecule has 3 nitrogen and oxygen atoms in total. The van der Waals surface area contributed by atoms with Crippen LogP contribution in [0.4, 0.5) is 10.1 Å². The van der Waals surface area contributed by atoms with Gasteiger partial charge in [-0.15, -0.1) is 0 Å². The lowest BCUT2D eigenvalue weighted by Crippen LogP contribution is -2.49. The van der Waals surface area contributed by atoms with Gasteiger partial charge in [0.25, 0.3) is 0 Å². The number of carbonyl (C=O) groups is 1. The Bertz CT molecular complexity index is 474. The third-order valence-corrected chi connectivity index (χ3v) is 3.88. The molecular weight excluding hydrogens is 219 g/mol. The highest BCUT2D eigenvalue weighted by Gasteiger charge is 2.41. The van der Waals surface area contributed by atoms with Crippen molar-refractivity contribution >= 4 is 11.6 Å². The number of benzene rings is 1. The maximum atomic E-state index is 13.8. The number of anilines is 1. The summed E-state index contributed by atoms with van der Waals surface area (Å²) in [4.78, 5) is 13.7. The lowest BCUT2D eigenvalue weighted by molar-refractivity contribution is -0.123. The van der Waals surface area contributed by atoms with Crippen molar-refractivity contribution < 1.29 is 9.18 Å². The summed E-state index contributed by atoms with van der Waals surface area (Å²) < 4.78 is 13.8. The van der Waals surface area contributed by atoms with E-state index in [-0.39, 0.29) is 23.6 Å². The average Bonchev–Trinajstić information content (AvgIpc) is 2.36. The van der Waals surface area contributed by atoms with Crippen molar-refractivity contribution in [1.82, 2.24) is 5.32 Å². The van der Waals surface area contributed by atoms with Crippen LogP contribution in [-0.4, -0.2) is 26.0 Å². The molecular formula is C13H15FN2O. The Labute approximate surface area is 99.6 Å². The van der Waals surface area contributed by atoms with Crippen molar-refractivity contribution in [3.8, 4) is 0 Å². The van der Waals surface area contributed by atoms with Gasteiger partial charge in [0.1, 0.15) is 5.82 Å². The van der Waals surface area contributed by atoms with Gasteiger partial charge in [0.05, 0.1) is 11.6 Å². The largest absolute Gasteiger partial charge is 0.316 e. The van der Waals surface area contributed by atoms with Crippen molar-refractivity contribution in [2.45, 2.75) is 12.3 Å². The summed E-state index contributed by atoms with van der Waals surface area (Å²) in [6, 6.07) is 5.10. The zero-order valence-corrected chi connectivity index (χ0v) is 9.74. The summed E-state index contributed by atoms with van der Waals surface area (Å²) in [5, 5.41) is 3.24. The fourth-order valence-corrected chi connectivity index (χ4v) is 3.03. The molecule has 0 saturated carbocycles. The van der Waals surface area contributed by atoms with E-state index in [1.54, 1.807) is 13.1 Å². The van der Waals surface area contributed by atoms with E-state index >= 15 is 0 Å². The Kier molecular flexibility index (Phi) is 2.40. The highest BCUT2D eigenvalue weighted by molar-refractivity contribution is 5.98. The van der Waals surface area contributed by atoms with Crippen LogP contribution in [0.3, 0.4) is 0 Å². The summed E-state index contributed by atoms with van der Waals surface area (Å²) in [5.41, 5.74) is 1.46. The number of hydrogen-bond donors (Lipinski definition) is 1. The molecule has 1 fully saturated rings. The van der Waals surface area contributed by atoms with Crippen LogP contribution in [0.5, 0.6) is 0 Å². The van der Waals surface area contributed by atoms with Gasteiger partial charge in [-0.05, 0) is 24.6 Å². The van der Waals surface area contributed by atoms with Crippen molar-refractivity contribution in [3.05, 3.63) is 29.6 Å². The minimum atomic E-state index is -0.296. The summed E-state index contributed by atoms with van der Waals surface area (Å²) in [6.45, 7) is 1.60. The summed E-state index contributed by atoms with van der Waals surface area (Å²) in [7, 11) is 1.66. The van der Waals surface area contributed by atoms with Gasteiger partial charge in [-0.3, -0.25) is 4.79 Å². The van der Waals surface area contributed by atoms with E-state index in [2.05, 4.69) is 5.32 Å². The van der Waals surface area contributed by atoms with E-state index in [1.807, 2.05) is 6.07 Å². The quantitative estimate of drug-likeness (QED) is 0.737. The summed E-state index contributed by atoms with van der Waals surface area (Å²) in [6.07, 6.45) is 0.903. The minimum absolute atomic E-state index is 0.0276. The van der Waals surface area contributed by atoms with Crippen LogP contribution in [-0.2, 0) is 4.79 Å². The molecule has 1 N–H and O–H groups in total. The Morgan fingerprint density at radius 2 is 2.24 bits per heavy atom. The Morgan fingerprint density at radius 3 is 3.06 bits per heavy atom. The SMILES string of the molecule is CN1C(=O)C2CNCCC2c2cccc(F)c21. The molecule has 0 spiro atoms. The fraction of sp³-hybridized carbons (Fsp3) is 0.462. The number of amides is 1. The minimum Gasteiger partial charge on any atom is -0.316 e. The first kappa shape index (κ1) is 10.7. The number of hydrogen-bond acceptors (Lipinski definition) is 2. The standard InChI is InChI=1S/C13H15FN2O/c1-16-12-9(3-2-4-11(12)14)8-5-6-15-7-10(8)13(16)17/h2-4,8,10,15H,5-7H2,1H3. The third-order valence-electron chi connectivity index (χ3n) is 3.88. The molecule has 2 unspecified atom stereocenters. The van der Waals surface area contributed by atoms with Gasteiger partial charge < -0.3 is 10.2 Å². The molecule has 4 heteroatoms. The zero-order valence-electron chi connectivity index (χ0n) is 9.74. The van der Waals surface area contributed by atoms with E-state index in [1.165, 1.54) is 11.0 Å². The average molecular weight is 234 g/mol. The maximum Gasteiger partial charge on any atom is 0.231 e. The van der Waals surface area contributed by atoms with Crippen LogP contribution in [0.2, 0.25) is 0 Å². The molecule has 2 heterocycles. The predicted octanol–water partition coefficient (Wildman–Crippen LogP) is 1.50. The molecule has 0 bridgehead atoms. The van der Waals surface area contributed by atoms with Gasteiger partial charge in [0, 0.05) is 19.5 Å². The second kappa shape index (κ2) is 3.81. The Hall–Kier alpha value is -1.42. The first-order chi connectivity index (χ1) is 8.20. The molecule has 90 valence electrons. The van der Waals surface area contributed by atoms with Gasteiger partial charge in [-0.2, -0.15) is 0 Å². The summed E-state index contributed by atoms with van der Waals surface area (Å²) in [5.74, 6) is -0.135. The van der Waals surface area contributed by atoms with Crippen LogP contribution in [0.25, 0.3) is 0 Å². The van der Waals surface area contributed by atoms with Gasteiger partial charge in [-0.25, -0.2) is 4.39 Å². The zero-order chi connectivity index (χ0) is 12.0. The first-order valence-corrected chi connectivity index (χ1v) is 5.97. The van der Waals surface area contributed by atoms with Gasteiger partial charge >= 0.3 is 0 Å². The monoisotopic (exact) mass is 234 g/mol. The molecule has 0 aliphatic carbocycles. The number of nitrogens with one attached hydrogen (secondary N) is 1. The maximum absolute atomic E-state index is 13.8. The molecule has 1 aromatic carbocycles. The molecule has 0 radical (unpaired) electrons. The second-order valence-corrected chi connectivity index (χ2v) is 4.78. The third kappa shape index (κ3) is 1.47. The number of nitrogens with zero attached hydrogens (tertiary/aromatic N) is 1. The molecule has 1 aromatic rings. The Balaban J connectivity index is 2.16. The predicted molar refractivity (Wildman–Crippen MR) is 63.5 cm³/mol. The number of halogens is 1. The van der Waals surface area contributed by atoms with Crippen molar-refractivity contribution in [2.75, 3.05) is 25.0 Å². The highest BCUT2D eigenvalue weighted by Crippen LogP contribution is 2.42. The summed E-state index contributed by atoms with van der Waals surface area (Å²) >= 11 is 0.